The van der Waals surface area contributed by atoms with E-state index in [0.717, 1.165) is 39.5 Å². The van der Waals surface area contributed by atoms with Crippen LogP contribution in [0.5, 0.6) is 0 Å². The molecule has 2 aliphatic rings. The van der Waals surface area contributed by atoms with Gasteiger partial charge in [0.05, 0.1) is 17.1 Å². The number of aromatic nitrogens is 1. The fraction of sp³-hybridized carbons (Fsp3) is 0.356. The van der Waals surface area contributed by atoms with Crippen molar-refractivity contribution in [2.75, 3.05) is 9.80 Å². The molecule has 0 bridgehead atoms. The summed E-state index contributed by atoms with van der Waals surface area (Å²) in [6, 6.07) is 84.0. The van der Waals surface area contributed by atoms with Gasteiger partial charge in [0.15, 0.2) is 0 Å². The van der Waals surface area contributed by atoms with E-state index in [4.69, 9.17) is 4.98 Å². The van der Waals surface area contributed by atoms with Gasteiger partial charge in [0.25, 0.3) is 6.71 Å². The van der Waals surface area contributed by atoms with Crippen molar-refractivity contribution in [1.82, 2.24) is 4.98 Å². The Morgan fingerprint density at radius 2 is 0.533 bits per heavy atom. The van der Waals surface area contributed by atoms with Gasteiger partial charge in [-0.2, -0.15) is 0 Å². The summed E-state index contributed by atoms with van der Waals surface area (Å²) < 4.78 is 0. The average Bonchev–Trinajstić information content (AvgIpc) is 0.685. The lowest BCUT2D eigenvalue weighted by Crippen LogP contribution is -2.61. The van der Waals surface area contributed by atoms with E-state index in [9.17, 15) is 0 Å². The van der Waals surface area contributed by atoms with Crippen LogP contribution in [0.15, 0.2) is 212 Å². The van der Waals surface area contributed by atoms with E-state index in [2.05, 4.69) is 409 Å². The molecule has 0 N–H and O–H groups in total. The quantitative estimate of drug-likeness (QED) is 0.141. The highest BCUT2D eigenvalue weighted by atomic mass is 15.2. The van der Waals surface area contributed by atoms with Crippen molar-refractivity contribution >= 4 is 57.2 Å². The lowest BCUT2D eigenvalue weighted by molar-refractivity contribution is 0.532. The molecule has 0 amide bonds. The van der Waals surface area contributed by atoms with E-state index in [-0.39, 0.29) is 55.4 Å². The predicted molar refractivity (Wildman–Crippen MR) is 459 cm³/mol. The summed E-state index contributed by atoms with van der Waals surface area (Å²) in [4.78, 5) is 11.4. The molecular weight excluding hydrogens is 1270 g/mol. The van der Waals surface area contributed by atoms with Crippen molar-refractivity contribution in [1.29, 1.82) is 0 Å². The number of pyridine rings is 1. The molecule has 538 valence electrons. The maximum atomic E-state index is 5.86. The van der Waals surface area contributed by atoms with Gasteiger partial charge in [-0.05, 0) is 187 Å². The van der Waals surface area contributed by atoms with Crippen LogP contribution in [0.3, 0.4) is 0 Å². The number of rotatable bonds is 8. The van der Waals surface area contributed by atoms with Crippen LogP contribution in [-0.2, 0) is 48.7 Å². The highest BCUT2D eigenvalue weighted by Gasteiger charge is 2.47. The summed E-state index contributed by atoms with van der Waals surface area (Å²) in [7, 11) is 0. The third-order valence-electron chi connectivity index (χ3n) is 22.3. The maximum Gasteiger partial charge on any atom is 0.252 e. The van der Waals surface area contributed by atoms with Gasteiger partial charge in [0.1, 0.15) is 0 Å². The highest BCUT2D eigenvalue weighted by molar-refractivity contribution is 7.00. The zero-order valence-electron chi connectivity index (χ0n) is 68.6. The molecule has 1 aromatic heterocycles. The Morgan fingerprint density at radius 1 is 0.229 bits per heavy atom. The molecule has 13 rings (SSSR count). The second-order valence-corrected chi connectivity index (χ2v) is 40.0. The summed E-state index contributed by atoms with van der Waals surface area (Å²) in [5, 5.41) is 0. The minimum absolute atomic E-state index is 0.0914. The van der Waals surface area contributed by atoms with Crippen molar-refractivity contribution in [2.24, 2.45) is 0 Å². The molecule has 0 atom stereocenters. The molecule has 0 saturated carbocycles. The molecule has 0 unspecified atom stereocenters. The normalized spacial score (nSPS) is 13.8. The highest BCUT2D eigenvalue weighted by Crippen LogP contribution is 2.57. The SMILES string of the molecule is CC(C)(C)c1cc(-c2ccc3c(c2)N(c2c(-c4ccccc4)cc(C(C)(C)C)cc2-c2ccccc2)c2cc(C(C)(C)C)cc4c2B3c2ccc(-c3cc(C(C)(C)C)cc(C(C)(C)C)c3)cc2N4c2c(-c3ccccc3)cc(C(C)(C)C)cc2-c2ccc(C(C)(C)C)nc2C(C)(C)C)cc(C(C)(C)C)c1. The Balaban J connectivity index is 1.28. The van der Waals surface area contributed by atoms with E-state index in [1.54, 1.807) is 0 Å². The number of fused-ring (bicyclic) bond motifs is 4. The topological polar surface area (TPSA) is 19.4 Å². The lowest BCUT2D eigenvalue weighted by Gasteiger charge is -2.47. The first-order valence-corrected chi connectivity index (χ1v) is 38.7. The first-order valence-electron chi connectivity index (χ1n) is 38.7. The van der Waals surface area contributed by atoms with Crippen LogP contribution in [0.4, 0.5) is 34.1 Å². The molecule has 0 radical (unpaired) electrons. The van der Waals surface area contributed by atoms with Gasteiger partial charge in [-0.15, -0.1) is 0 Å². The van der Waals surface area contributed by atoms with Crippen LogP contribution < -0.4 is 26.2 Å². The number of anilines is 6. The van der Waals surface area contributed by atoms with Gasteiger partial charge in [0.2, 0.25) is 0 Å². The minimum atomic E-state index is -0.342. The van der Waals surface area contributed by atoms with Crippen LogP contribution >= 0.6 is 0 Å². The number of hydrogen-bond donors (Lipinski definition) is 0. The van der Waals surface area contributed by atoms with Gasteiger partial charge >= 0.3 is 0 Å². The van der Waals surface area contributed by atoms with Gasteiger partial charge in [-0.1, -0.05) is 345 Å². The second kappa shape index (κ2) is 25.9. The molecule has 0 fully saturated rings. The summed E-state index contributed by atoms with van der Waals surface area (Å²) in [6.07, 6.45) is 0. The van der Waals surface area contributed by atoms with E-state index < -0.39 is 0 Å². The molecule has 10 aromatic carbocycles. The van der Waals surface area contributed by atoms with E-state index >= 15 is 0 Å². The third kappa shape index (κ3) is 14.3. The van der Waals surface area contributed by atoms with Crippen LogP contribution in [-0.4, -0.2) is 11.7 Å². The average molecular weight is 1380 g/mol. The zero-order valence-corrected chi connectivity index (χ0v) is 68.6. The van der Waals surface area contributed by atoms with E-state index in [1.807, 2.05) is 0 Å². The Hall–Kier alpha value is -8.99. The standard InChI is InChI=1S/C101H116BN3/c1-93(2,3)70-49-68(50-71(55-70)94(4,5)6)66-43-46-82-84(53-66)104(90-78(63-37-31-28-32-38-63)57-74(97(13,14)15)58-79(90)64-39-33-29-34-40-64)86-61-76(99(19,20)21)62-87-89(86)102(82)83-47-44-67(69-51-72(95(7,8)9)56-73(52-69)96(10,11)12)54-85(83)105(87)91-80(65-41-35-30-36-42-65)59-75(98(16,17)18)60-81(91)77-45-48-88(100(22,23)24)103-92(77)101(25,26)27/h28-62H,1-27H3. The first kappa shape index (κ1) is 74.3. The van der Waals surface area contributed by atoms with E-state index in [0.29, 0.717) is 0 Å². The monoisotopic (exact) mass is 1380 g/mol. The third-order valence-corrected chi connectivity index (χ3v) is 22.3. The number of benzene rings is 10. The molecule has 105 heavy (non-hydrogen) atoms. The van der Waals surface area contributed by atoms with Gasteiger partial charge < -0.3 is 9.80 Å². The Morgan fingerprint density at radius 3 is 0.848 bits per heavy atom. The van der Waals surface area contributed by atoms with Crippen molar-refractivity contribution in [3.05, 3.63) is 263 Å². The van der Waals surface area contributed by atoms with Gasteiger partial charge in [0, 0.05) is 67.1 Å². The van der Waals surface area contributed by atoms with Crippen molar-refractivity contribution in [2.45, 2.75) is 236 Å². The largest absolute Gasteiger partial charge is 0.310 e. The predicted octanol–water partition coefficient (Wildman–Crippen LogP) is 26.8. The Kier molecular flexibility index (Phi) is 18.3. The van der Waals surface area contributed by atoms with Gasteiger partial charge in [-0.3, -0.25) is 4.98 Å². The Bertz CT molecular complexity index is 5030. The second-order valence-electron chi connectivity index (χ2n) is 40.0. The van der Waals surface area contributed by atoms with Gasteiger partial charge in [-0.25, -0.2) is 0 Å². The molecule has 4 heteroatoms. The summed E-state index contributed by atoms with van der Waals surface area (Å²) in [6.45, 7) is 63.6. The van der Waals surface area contributed by atoms with Crippen LogP contribution in [0.1, 0.15) is 237 Å². The Labute approximate surface area is 633 Å². The fourth-order valence-electron chi connectivity index (χ4n) is 15.6. The molecule has 0 aliphatic carbocycles. The van der Waals surface area contributed by atoms with E-state index in [1.165, 1.54) is 128 Å². The van der Waals surface area contributed by atoms with Crippen LogP contribution in [0, 0.1) is 0 Å². The molecular formula is C101H116BN3. The van der Waals surface area contributed by atoms with Crippen molar-refractivity contribution < 1.29 is 0 Å². The molecule has 2 aliphatic heterocycles. The van der Waals surface area contributed by atoms with Crippen LogP contribution in [0.2, 0.25) is 0 Å². The summed E-state index contributed by atoms with van der Waals surface area (Å²) in [5.41, 5.74) is 34.6. The fourth-order valence-corrected chi connectivity index (χ4v) is 15.6. The number of hydrogen-bond acceptors (Lipinski definition) is 3. The van der Waals surface area contributed by atoms with Crippen molar-refractivity contribution in [3.63, 3.8) is 0 Å². The molecule has 0 saturated heterocycles. The van der Waals surface area contributed by atoms with Crippen LogP contribution in [0.25, 0.3) is 66.8 Å². The molecule has 0 spiro atoms. The molecule has 11 aromatic rings. The smallest absolute Gasteiger partial charge is 0.252 e. The summed E-state index contributed by atoms with van der Waals surface area (Å²) in [5.74, 6) is 0. The maximum absolute atomic E-state index is 5.86. The first-order chi connectivity index (χ1) is 48.7. The minimum Gasteiger partial charge on any atom is -0.310 e. The summed E-state index contributed by atoms with van der Waals surface area (Å²) >= 11 is 0. The molecule has 3 nitrogen and oxygen atoms in total. The number of nitrogens with zero attached hydrogens (tertiary/aromatic N) is 3. The van der Waals surface area contributed by atoms with Crippen molar-refractivity contribution in [3.8, 4) is 66.8 Å². The lowest BCUT2D eigenvalue weighted by atomic mass is 9.33. The zero-order chi connectivity index (χ0) is 76.0. The molecule has 3 heterocycles.